The summed E-state index contributed by atoms with van der Waals surface area (Å²) < 4.78 is 37.7. The zero-order valence-corrected chi connectivity index (χ0v) is 16.8. The van der Waals surface area contributed by atoms with Crippen molar-refractivity contribution < 1.29 is 13.2 Å². The van der Waals surface area contributed by atoms with Gasteiger partial charge in [0.05, 0.1) is 6.54 Å². The van der Waals surface area contributed by atoms with Crippen molar-refractivity contribution in [3.8, 4) is 0 Å². The molecule has 10 heteroatoms. The lowest BCUT2D eigenvalue weighted by Crippen LogP contribution is -2.46. The fourth-order valence-electron chi connectivity index (χ4n) is 2.90. The van der Waals surface area contributed by atoms with Gasteiger partial charge in [-0.3, -0.25) is 4.99 Å². The molecule has 0 aromatic carbocycles. The summed E-state index contributed by atoms with van der Waals surface area (Å²) in [6.07, 6.45) is -2.26. The van der Waals surface area contributed by atoms with Crippen LogP contribution in [-0.2, 0) is 12.7 Å². The average molecular weight is 407 g/mol. The molecule has 1 aliphatic heterocycles. The predicted octanol–water partition coefficient (Wildman–Crippen LogP) is 2.24. The van der Waals surface area contributed by atoms with Gasteiger partial charge < -0.3 is 20.4 Å². The van der Waals surface area contributed by atoms with Crippen LogP contribution < -0.4 is 10.6 Å². The second-order valence-corrected chi connectivity index (χ2v) is 7.40. The lowest BCUT2D eigenvalue weighted by Gasteiger charge is -2.34. The van der Waals surface area contributed by atoms with E-state index in [4.69, 9.17) is 0 Å². The molecule has 6 nitrogen and oxygen atoms in total. The standard InChI is InChI=1S/C17H29F3N6S/c1-3-25-8-10-26(11-9-25)7-5-4-6-22-16(21-2)23-12-15-24-14(13-27-15)17(18,19)20/h13H,3-12H2,1-2H3,(H2,21,22,23). The number of rotatable bonds is 8. The van der Waals surface area contributed by atoms with Gasteiger partial charge in [-0.15, -0.1) is 11.3 Å². The van der Waals surface area contributed by atoms with Crippen LogP contribution in [-0.4, -0.2) is 73.6 Å². The third-order valence-electron chi connectivity index (χ3n) is 4.58. The molecule has 0 aliphatic carbocycles. The largest absolute Gasteiger partial charge is 0.434 e. The number of piperazine rings is 1. The number of likely N-dealkylation sites (N-methyl/N-ethyl adjacent to an activating group) is 1. The number of alkyl halides is 3. The Bertz CT molecular complexity index is 581. The smallest absolute Gasteiger partial charge is 0.356 e. The number of halogens is 3. The lowest BCUT2D eigenvalue weighted by atomic mass is 10.2. The van der Waals surface area contributed by atoms with Crippen LogP contribution >= 0.6 is 11.3 Å². The molecule has 1 saturated heterocycles. The molecule has 2 rings (SSSR count). The third kappa shape index (κ3) is 7.63. The van der Waals surface area contributed by atoms with E-state index in [0.717, 1.165) is 75.4 Å². The zero-order chi connectivity index (χ0) is 19.7. The molecular formula is C17H29F3N6S. The highest BCUT2D eigenvalue weighted by atomic mass is 32.1. The first-order valence-corrected chi connectivity index (χ1v) is 10.2. The van der Waals surface area contributed by atoms with Gasteiger partial charge in [-0.1, -0.05) is 6.92 Å². The van der Waals surface area contributed by atoms with E-state index in [1.165, 1.54) is 0 Å². The summed E-state index contributed by atoms with van der Waals surface area (Å²) in [5.74, 6) is 0.579. The number of nitrogens with one attached hydrogen (secondary N) is 2. The van der Waals surface area contributed by atoms with Crippen molar-refractivity contribution in [1.29, 1.82) is 0 Å². The fourth-order valence-corrected chi connectivity index (χ4v) is 3.64. The van der Waals surface area contributed by atoms with Crippen LogP contribution in [0.25, 0.3) is 0 Å². The molecule has 1 aromatic heterocycles. The highest BCUT2D eigenvalue weighted by Gasteiger charge is 2.33. The molecule has 0 unspecified atom stereocenters. The highest BCUT2D eigenvalue weighted by molar-refractivity contribution is 7.09. The van der Waals surface area contributed by atoms with Gasteiger partial charge in [0, 0.05) is 45.2 Å². The molecule has 1 aromatic rings. The topological polar surface area (TPSA) is 55.8 Å². The minimum absolute atomic E-state index is 0.224. The fraction of sp³-hybridized carbons (Fsp3) is 0.765. The maximum absolute atomic E-state index is 12.6. The molecule has 2 N–H and O–H groups in total. The summed E-state index contributed by atoms with van der Waals surface area (Å²) in [5, 5.41) is 7.62. The first kappa shape index (κ1) is 21.9. The summed E-state index contributed by atoms with van der Waals surface area (Å²) in [6, 6.07) is 0. The second-order valence-electron chi connectivity index (χ2n) is 6.46. The average Bonchev–Trinajstić information content (AvgIpc) is 3.14. The summed E-state index contributed by atoms with van der Waals surface area (Å²) in [5.41, 5.74) is -0.841. The van der Waals surface area contributed by atoms with Crippen molar-refractivity contribution in [2.45, 2.75) is 32.5 Å². The van der Waals surface area contributed by atoms with Gasteiger partial charge in [-0.05, 0) is 25.9 Å². The summed E-state index contributed by atoms with van der Waals surface area (Å²) in [4.78, 5) is 12.7. The Balaban J connectivity index is 1.58. The van der Waals surface area contributed by atoms with E-state index >= 15 is 0 Å². The quantitative estimate of drug-likeness (QED) is 0.394. The van der Waals surface area contributed by atoms with Crippen molar-refractivity contribution in [3.05, 3.63) is 16.1 Å². The highest BCUT2D eigenvalue weighted by Crippen LogP contribution is 2.29. The van der Waals surface area contributed by atoms with Gasteiger partial charge in [-0.25, -0.2) is 4.98 Å². The van der Waals surface area contributed by atoms with Crippen molar-refractivity contribution >= 4 is 17.3 Å². The van der Waals surface area contributed by atoms with Crippen LogP contribution in [0.15, 0.2) is 10.4 Å². The monoisotopic (exact) mass is 406 g/mol. The molecule has 0 saturated carbocycles. The SMILES string of the molecule is CCN1CCN(CCCCNC(=NC)NCc2nc(C(F)(F)F)cs2)CC1. The lowest BCUT2D eigenvalue weighted by molar-refractivity contribution is -0.140. The van der Waals surface area contributed by atoms with Crippen molar-refractivity contribution in [3.63, 3.8) is 0 Å². The Hall–Kier alpha value is -1.39. The molecular weight excluding hydrogens is 377 g/mol. The Morgan fingerprint density at radius 2 is 1.89 bits per heavy atom. The van der Waals surface area contributed by atoms with E-state index in [2.05, 4.69) is 37.3 Å². The molecule has 1 fully saturated rings. The Morgan fingerprint density at radius 3 is 2.48 bits per heavy atom. The van der Waals surface area contributed by atoms with Crippen molar-refractivity contribution in [2.24, 2.45) is 4.99 Å². The van der Waals surface area contributed by atoms with E-state index in [0.29, 0.717) is 11.0 Å². The van der Waals surface area contributed by atoms with Gasteiger partial charge in [0.25, 0.3) is 0 Å². The van der Waals surface area contributed by atoms with Crippen LogP contribution in [0.4, 0.5) is 13.2 Å². The van der Waals surface area contributed by atoms with E-state index in [1.54, 1.807) is 7.05 Å². The van der Waals surface area contributed by atoms with Crippen LogP contribution in [0.1, 0.15) is 30.5 Å². The number of hydrogen-bond acceptors (Lipinski definition) is 5. The van der Waals surface area contributed by atoms with Crippen LogP contribution in [0, 0.1) is 0 Å². The van der Waals surface area contributed by atoms with Crippen LogP contribution in [0.2, 0.25) is 0 Å². The van der Waals surface area contributed by atoms with E-state index in [9.17, 15) is 13.2 Å². The minimum atomic E-state index is -4.39. The minimum Gasteiger partial charge on any atom is -0.356 e. The molecule has 0 spiro atoms. The second kappa shape index (κ2) is 10.8. The number of aromatic nitrogens is 1. The Labute approximate surface area is 162 Å². The first-order chi connectivity index (χ1) is 12.9. The van der Waals surface area contributed by atoms with E-state index < -0.39 is 11.9 Å². The molecule has 0 bridgehead atoms. The summed E-state index contributed by atoms with van der Waals surface area (Å²) >= 11 is 0.993. The number of nitrogens with zero attached hydrogens (tertiary/aromatic N) is 4. The predicted molar refractivity (Wildman–Crippen MR) is 103 cm³/mol. The molecule has 0 atom stereocenters. The van der Waals surface area contributed by atoms with Crippen molar-refractivity contribution in [2.75, 3.05) is 52.9 Å². The van der Waals surface area contributed by atoms with Crippen LogP contribution in [0.3, 0.4) is 0 Å². The molecule has 0 radical (unpaired) electrons. The van der Waals surface area contributed by atoms with Crippen molar-refractivity contribution in [1.82, 2.24) is 25.4 Å². The zero-order valence-electron chi connectivity index (χ0n) is 16.0. The molecule has 2 heterocycles. The number of hydrogen-bond donors (Lipinski definition) is 2. The summed E-state index contributed by atoms with van der Waals surface area (Å²) in [7, 11) is 1.64. The normalized spacial score (nSPS) is 17.3. The maximum Gasteiger partial charge on any atom is 0.434 e. The van der Waals surface area contributed by atoms with Gasteiger partial charge >= 0.3 is 6.18 Å². The van der Waals surface area contributed by atoms with E-state index in [-0.39, 0.29) is 6.54 Å². The van der Waals surface area contributed by atoms with Gasteiger partial charge in [0.15, 0.2) is 11.7 Å². The number of thiazole rings is 1. The molecule has 0 amide bonds. The van der Waals surface area contributed by atoms with Gasteiger partial charge in [0.1, 0.15) is 5.01 Å². The Morgan fingerprint density at radius 1 is 1.19 bits per heavy atom. The van der Waals surface area contributed by atoms with Gasteiger partial charge in [-0.2, -0.15) is 13.2 Å². The molecule has 27 heavy (non-hydrogen) atoms. The number of guanidine groups is 1. The number of aliphatic imine (C=N–C) groups is 1. The van der Waals surface area contributed by atoms with E-state index in [1.807, 2.05) is 0 Å². The summed E-state index contributed by atoms with van der Waals surface area (Å²) in [6.45, 7) is 10.0. The third-order valence-corrected chi connectivity index (χ3v) is 5.43. The van der Waals surface area contributed by atoms with Crippen LogP contribution in [0.5, 0.6) is 0 Å². The Kier molecular flexibility index (Phi) is 8.78. The van der Waals surface area contributed by atoms with Gasteiger partial charge in [0.2, 0.25) is 0 Å². The maximum atomic E-state index is 12.6. The molecule has 1 aliphatic rings. The molecule has 154 valence electrons. The first-order valence-electron chi connectivity index (χ1n) is 9.33. The number of unbranched alkanes of at least 4 members (excludes halogenated alkanes) is 1.